The summed E-state index contributed by atoms with van der Waals surface area (Å²) >= 11 is 0. The van der Waals surface area contributed by atoms with Gasteiger partial charge in [0, 0.05) is 24.9 Å². The molecule has 0 saturated heterocycles. The van der Waals surface area contributed by atoms with Crippen LogP contribution < -0.4 is 20.9 Å². The fraction of sp³-hybridized carbons (Fsp3) is 0.143. The van der Waals surface area contributed by atoms with Crippen molar-refractivity contribution >= 4 is 22.7 Å². The van der Waals surface area contributed by atoms with Crippen LogP contribution in [0.2, 0.25) is 0 Å². The summed E-state index contributed by atoms with van der Waals surface area (Å²) in [6, 6.07) is 12.0. The summed E-state index contributed by atoms with van der Waals surface area (Å²) in [5.41, 5.74) is 4.28. The molecular weight excluding hydrogens is 272 g/mol. The highest BCUT2D eigenvalue weighted by Gasteiger charge is 2.15. The largest absolute Gasteiger partial charge is 0.495 e. The molecule has 0 aromatic heterocycles. The van der Waals surface area contributed by atoms with E-state index in [1.54, 1.807) is 25.1 Å². The Hall–Kier alpha value is -2.80. The second-order valence-corrected chi connectivity index (χ2v) is 4.37. The maximum Gasteiger partial charge on any atom is 0.273 e. The first-order valence-corrected chi connectivity index (χ1v) is 6.19. The van der Waals surface area contributed by atoms with Crippen molar-refractivity contribution in [2.75, 3.05) is 24.5 Å². The third kappa shape index (κ3) is 3.03. The highest BCUT2D eigenvalue weighted by molar-refractivity contribution is 5.73. The second-order valence-electron chi connectivity index (χ2n) is 4.37. The van der Waals surface area contributed by atoms with E-state index >= 15 is 0 Å². The summed E-state index contributed by atoms with van der Waals surface area (Å²) in [4.78, 5) is 12.3. The van der Waals surface area contributed by atoms with Crippen molar-refractivity contribution in [3.8, 4) is 5.75 Å². The first kappa shape index (κ1) is 14.6. The van der Waals surface area contributed by atoms with Crippen molar-refractivity contribution in [2.24, 2.45) is 5.84 Å². The predicted molar refractivity (Wildman–Crippen MR) is 82.0 cm³/mol. The van der Waals surface area contributed by atoms with Crippen LogP contribution in [0.5, 0.6) is 5.75 Å². The third-order valence-electron chi connectivity index (χ3n) is 3.11. The molecule has 3 N–H and O–H groups in total. The third-order valence-corrected chi connectivity index (χ3v) is 3.11. The molecule has 0 atom stereocenters. The van der Waals surface area contributed by atoms with Gasteiger partial charge in [0.2, 0.25) is 0 Å². The Morgan fingerprint density at radius 2 is 2.00 bits per heavy atom. The molecule has 0 amide bonds. The van der Waals surface area contributed by atoms with Crippen molar-refractivity contribution in [1.29, 1.82) is 0 Å². The van der Waals surface area contributed by atoms with E-state index in [0.29, 0.717) is 17.1 Å². The van der Waals surface area contributed by atoms with Crippen LogP contribution in [0.3, 0.4) is 0 Å². The number of nitrogens with zero attached hydrogens (tertiary/aromatic N) is 2. The Morgan fingerprint density at radius 1 is 1.29 bits per heavy atom. The average Bonchev–Trinajstić information content (AvgIpc) is 2.53. The number of hydrogen-bond acceptors (Lipinski definition) is 6. The van der Waals surface area contributed by atoms with Crippen LogP contribution in [0.4, 0.5) is 22.7 Å². The number of anilines is 3. The zero-order valence-electron chi connectivity index (χ0n) is 11.7. The van der Waals surface area contributed by atoms with E-state index in [1.165, 1.54) is 12.1 Å². The van der Waals surface area contributed by atoms with Crippen LogP contribution >= 0.6 is 0 Å². The maximum atomic E-state index is 11.0. The van der Waals surface area contributed by atoms with Gasteiger partial charge in [-0.15, -0.1) is 0 Å². The van der Waals surface area contributed by atoms with Crippen molar-refractivity contribution in [3.05, 3.63) is 52.6 Å². The lowest BCUT2D eigenvalue weighted by atomic mass is 10.2. The lowest BCUT2D eigenvalue weighted by Gasteiger charge is -2.22. The normalized spacial score (nSPS) is 10.0. The molecule has 2 rings (SSSR count). The minimum atomic E-state index is -0.458. The van der Waals surface area contributed by atoms with Gasteiger partial charge in [-0.25, -0.2) is 0 Å². The molecule has 0 radical (unpaired) electrons. The number of hydrazine groups is 1. The fourth-order valence-corrected chi connectivity index (χ4v) is 2.02. The van der Waals surface area contributed by atoms with Crippen molar-refractivity contribution < 1.29 is 9.66 Å². The van der Waals surface area contributed by atoms with Crippen LogP contribution in [-0.4, -0.2) is 19.1 Å². The number of hydrogen-bond donors (Lipinski definition) is 2. The Balaban J connectivity index is 2.49. The molecule has 7 heteroatoms. The van der Waals surface area contributed by atoms with E-state index in [9.17, 15) is 10.1 Å². The molecule has 0 bridgehead atoms. The molecule has 2 aromatic carbocycles. The molecule has 2 aromatic rings. The molecule has 21 heavy (non-hydrogen) atoms. The first-order chi connectivity index (χ1) is 10.1. The van der Waals surface area contributed by atoms with E-state index < -0.39 is 4.92 Å². The van der Waals surface area contributed by atoms with E-state index in [1.807, 2.05) is 24.3 Å². The van der Waals surface area contributed by atoms with E-state index in [-0.39, 0.29) is 5.69 Å². The van der Waals surface area contributed by atoms with Gasteiger partial charge in [0.15, 0.2) is 0 Å². The van der Waals surface area contributed by atoms with Crippen LogP contribution in [0, 0.1) is 10.1 Å². The smallest absolute Gasteiger partial charge is 0.273 e. The van der Waals surface area contributed by atoms with Gasteiger partial charge in [-0.05, 0) is 18.2 Å². The highest BCUT2D eigenvalue weighted by atomic mass is 16.6. The highest BCUT2D eigenvalue weighted by Crippen LogP contribution is 2.35. The number of rotatable bonds is 5. The van der Waals surface area contributed by atoms with Gasteiger partial charge < -0.3 is 15.1 Å². The number of non-ortho nitro benzene ring substituents is 1. The summed E-state index contributed by atoms with van der Waals surface area (Å²) in [6.07, 6.45) is 0. The quantitative estimate of drug-likeness (QED) is 0.499. The number of nitrogens with two attached hydrogens (primary N) is 1. The number of methoxy groups -OCH3 is 1. The lowest BCUT2D eigenvalue weighted by molar-refractivity contribution is -0.384. The standard InChI is InChI=1S/C14H16N4O3/c1-17(13-5-3-4-6-14(13)21-2)11-7-10(16-15)8-12(9-11)18(19)20/h3-9,16H,15H2,1-2H3. The molecule has 0 saturated carbocycles. The molecule has 7 nitrogen and oxygen atoms in total. The maximum absolute atomic E-state index is 11.0. The van der Waals surface area contributed by atoms with Gasteiger partial charge in [-0.1, -0.05) is 12.1 Å². The topological polar surface area (TPSA) is 93.7 Å². The molecule has 0 aliphatic heterocycles. The zero-order chi connectivity index (χ0) is 15.4. The minimum Gasteiger partial charge on any atom is -0.495 e. The number of para-hydroxylation sites is 2. The minimum absolute atomic E-state index is 0.0396. The molecule has 0 aliphatic carbocycles. The van der Waals surface area contributed by atoms with Crippen molar-refractivity contribution in [2.45, 2.75) is 0 Å². The van der Waals surface area contributed by atoms with Crippen LogP contribution in [-0.2, 0) is 0 Å². The van der Waals surface area contributed by atoms with Gasteiger partial charge in [-0.3, -0.25) is 16.0 Å². The molecule has 110 valence electrons. The number of benzene rings is 2. The Morgan fingerprint density at radius 3 is 2.62 bits per heavy atom. The summed E-state index contributed by atoms with van der Waals surface area (Å²) in [5.74, 6) is 6.04. The molecule has 0 unspecified atom stereocenters. The monoisotopic (exact) mass is 288 g/mol. The van der Waals surface area contributed by atoms with Gasteiger partial charge in [-0.2, -0.15) is 0 Å². The van der Waals surface area contributed by atoms with E-state index in [0.717, 1.165) is 5.69 Å². The lowest BCUT2D eigenvalue weighted by Crippen LogP contribution is -2.13. The second kappa shape index (κ2) is 6.10. The number of nitro benzene ring substituents is 1. The fourth-order valence-electron chi connectivity index (χ4n) is 2.02. The van der Waals surface area contributed by atoms with Gasteiger partial charge in [0.1, 0.15) is 5.75 Å². The SMILES string of the molecule is COc1ccccc1N(C)c1cc(NN)cc([N+](=O)[O-])c1. The van der Waals surface area contributed by atoms with E-state index in [4.69, 9.17) is 10.6 Å². The van der Waals surface area contributed by atoms with Gasteiger partial charge in [0.25, 0.3) is 5.69 Å². The first-order valence-electron chi connectivity index (χ1n) is 6.19. The number of nitrogen functional groups attached to an aromatic ring is 1. The zero-order valence-corrected chi connectivity index (χ0v) is 11.7. The summed E-state index contributed by atoms with van der Waals surface area (Å²) in [5, 5.41) is 11.0. The van der Waals surface area contributed by atoms with Crippen LogP contribution in [0.1, 0.15) is 0 Å². The number of nitrogens with one attached hydrogen (secondary N) is 1. The Labute approximate surface area is 122 Å². The van der Waals surface area contributed by atoms with Gasteiger partial charge >= 0.3 is 0 Å². The number of ether oxygens (including phenoxy) is 1. The molecule has 0 heterocycles. The molecule has 0 aliphatic rings. The van der Waals surface area contributed by atoms with Gasteiger partial charge in [0.05, 0.1) is 23.4 Å². The molecule has 0 spiro atoms. The van der Waals surface area contributed by atoms with Crippen molar-refractivity contribution in [1.82, 2.24) is 0 Å². The van der Waals surface area contributed by atoms with Crippen LogP contribution in [0.15, 0.2) is 42.5 Å². The molecule has 0 fully saturated rings. The summed E-state index contributed by atoms with van der Waals surface area (Å²) < 4.78 is 5.31. The predicted octanol–water partition coefficient (Wildman–Crippen LogP) is 2.66. The number of nitro groups is 1. The Bertz CT molecular complexity index is 660. The van der Waals surface area contributed by atoms with Crippen molar-refractivity contribution in [3.63, 3.8) is 0 Å². The summed E-state index contributed by atoms with van der Waals surface area (Å²) in [7, 11) is 3.38. The summed E-state index contributed by atoms with van der Waals surface area (Å²) in [6.45, 7) is 0. The van der Waals surface area contributed by atoms with E-state index in [2.05, 4.69) is 5.43 Å². The molecular formula is C14H16N4O3. The van der Waals surface area contributed by atoms with Crippen LogP contribution in [0.25, 0.3) is 0 Å². The Kier molecular flexibility index (Phi) is 4.24. The average molecular weight is 288 g/mol.